The lowest BCUT2D eigenvalue weighted by Gasteiger charge is -2.46. The maximum absolute atomic E-state index is 13.1. The lowest BCUT2D eigenvalue weighted by Crippen LogP contribution is -2.48. The first-order chi connectivity index (χ1) is 11.8. The van der Waals surface area contributed by atoms with E-state index >= 15 is 0 Å². The van der Waals surface area contributed by atoms with Gasteiger partial charge in [-0.2, -0.15) is 13.2 Å². The minimum Gasteiger partial charge on any atom is -0.334 e. The summed E-state index contributed by atoms with van der Waals surface area (Å²) in [7, 11) is 1.70. The number of alkyl halides is 3. The van der Waals surface area contributed by atoms with Gasteiger partial charge < -0.3 is 4.90 Å². The van der Waals surface area contributed by atoms with Crippen molar-refractivity contribution >= 4 is 5.91 Å². The predicted molar refractivity (Wildman–Crippen MR) is 88.4 cm³/mol. The summed E-state index contributed by atoms with van der Waals surface area (Å²) in [6.45, 7) is 2.05. The van der Waals surface area contributed by atoms with Gasteiger partial charge in [0.1, 0.15) is 0 Å². The first kappa shape index (κ1) is 16.2. The van der Waals surface area contributed by atoms with E-state index in [4.69, 9.17) is 0 Å². The molecule has 130 valence electrons. The van der Waals surface area contributed by atoms with Gasteiger partial charge in [-0.25, -0.2) is 0 Å². The molecule has 2 aromatic rings. The summed E-state index contributed by atoms with van der Waals surface area (Å²) < 4.78 is 39.4. The van der Waals surface area contributed by atoms with Crippen molar-refractivity contribution in [1.82, 2.24) is 4.90 Å². The Kier molecular flexibility index (Phi) is 3.30. The van der Waals surface area contributed by atoms with Crippen LogP contribution in [0.15, 0.2) is 42.5 Å². The molecule has 2 aliphatic rings. The summed E-state index contributed by atoms with van der Waals surface area (Å²) in [6, 6.07) is 11.5. The van der Waals surface area contributed by atoms with Crippen molar-refractivity contribution in [2.75, 3.05) is 7.05 Å². The summed E-state index contributed by atoms with van der Waals surface area (Å²) in [5.41, 5.74) is 2.06. The number of carbonyl (C=O) groups excluding carboxylic acids is 1. The quantitative estimate of drug-likeness (QED) is 0.731. The Bertz CT molecular complexity index is 873. The molecule has 1 heterocycles. The van der Waals surface area contributed by atoms with Crippen LogP contribution in [-0.4, -0.2) is 17.9 Å². The van der Waals surface area contributed by atoms with Gasteiger partial charge in [0.15, 0.2) is 0 Å². The standard InChI is InChI=1S/C20H18F3NO/c1-3-19-11-12-6-4-5-7-14(12)17(19)24(2)18(25)15-10-13(20(21,22)23)8-9-16(15)19/h4-10,17H,3,11H2,1-2H3/t17-,19-/m1/s1. The minimum absolute atomic E-state index is 0.134. The van der Waals surface area contributed by atoms with Crippen LogP contribution in [0.4, 0.5) is 13.2 Å². The molecule has 0 saturated heterocycles. The van der Waals surface area contributed by atoms with Crippen LogP contribution in [0.2, 0.25) is 0 Å². The largest absolute Gasteiger partial charge is 0.416 e. The molecule has 0 saturated carbocycles. The Balaban J connectivity index is 1.97. The van der Waals surface area contributed by atoms with Crippen molar-refractivity contribution < 1.29 is 18.0 Å². The number of benzene rings is 2. The van der Waals surface area contributed by atoms with Gasteiger partial charge in [0.25, 0.3) is 5.91 Å². The number of hydrogen-bond acceptors (Lipinski definition) is 1. The SMILES string of the molecule is CC[C@]12Cc3ccccc3[C@H]1N(C)C(=O)c1cc(C(F)(F)F)ccc12. The van der Waals surface area contributed by atoms with E-state index in [0.717, 1.165) is 36.1 Å². The summed E-state index contributed by atoms with van der Waals surface area (Å²) in [6.07, 6.45) is -2.97. The third-order valence-corrected chi connectivity index (χ3v) is 5.83. The molecule has 1 amide bonds. The van der Waals surface area contributed by atoms with Gasteiger partial charge in [-0.3, -0.25) is 4.79 Å². The molecule has 0 radical (unpaired) electrons. The molecule has 0 spiro atoms. The fourth-order valence-electron chi connectivity index (χ4n) is 4.67. The van der Waals surface area contributed by atoms with Crippen molar-refractivity contribution in [2.24, 2.45) is 0 Å². The molecule has 2 atom stereocenters. The van der Waals surface area contributed by atoms with E-state index in [1.165, 1.54) is 11.6 Å². The molecular formula is C20H18F3NO. The molecule has 0 unspecified atom stereocenters. The molecule has 1 aliphatic carbocycles. The molecular weight excluding hydrogens is 327 g/mol. The highest BCUT2D eigenvalue weighted by molar-refractivity contribution is 5.98. The fraction of sp³-hybridized carbons (Fsp3) is 0.350. The lowest BCUT2D eigenvalue weighted by molar-refractivity contribution is -0.137. The zero-order valence-electron chi connectivity index (χ0n) is 14.0. The van der Waals surface area contributed by atoms with Crippen LogP contribution >= 0.6 is 0 Å². The second-order valence-corrected chi connectivity index (χ2v) is 6.96. The van der Waals surface area contributed by atoms with Crippen molar-refractivity contribution in [3.05, 3.63) is 70.3 Å². The summed E-state index contributed by atoms with van der Waals surface area (Å²) >= 11 is 0. The van der Waals surface area contributed by atoms with Gasteiger partial charge in [-0.15, -0.1) is 0 Å². The van der Waals surface area contributed by atoms with E-state index in [2.05, 4.69) is 0 Å². The summed E-state index contributed by atoms with van der Waals surface area (Å²) in [5.74, 6) is -0.341. The molecule has 4 rings (SSSR count). The maximum atomic E-state index is 13.1. The first-order valence-electron chi connectivity index (χ1n) is 8.36. The molecule has 5 heteroatoms. The third kappa shape index (κ3) is 2.08. The van der Waals surface area contributed by atoms with Crippen LogP contribution < -0.4 is 0 Å². The van der Waals surface area contributed by atoms with Crippen LogP contribution in [-0.2, 0) is 18.0 Å². The third-order valence-electron chi connectivity index (χ3n) is 5.83. The number of nitrogens with zero attached hydrogens (tertiary/aromatic N) is 1. The van der Waals surface area contributed by atoms with Gasteiger partial charge in [0, 0.05) is 18.0 Å². The number of amides is 1. The molecule has 1 aliphatic heterocycles. The molecule has 25 heavy (non-hydrogen) atoms. The van der Waals surface area contributed by atoms with Crippen molar-refractivity contribution in [1.29, 1.82) is 0 Å². The zero-order valence-corrected chi connectivity index (χ0v) is 14.0. The van der Waals surface area contributed by atoms with Crippen LogP contribution in [0.5, 0.6) is 0 Å². The van der Waals surface area contributed by atoms with Gasteiger partial charge >= 0.3 is 6.18 Å². The monoisotopic (exact) mass is 345 g/mol. The smallest absolute Gasteiger partial charge is 0.334 e. The average Bonchev–Trinajstić information content (AvgIpc) is 2.94. The first-order valence-corrected chi connectivity index (χ1v) is 8.36. The Morgan fingerprint density at radius 1 is 1.20 bits per heavy atom. The predicted octanol–water partition coefficient (Wildman–Crippen LogP) is 4.74. The van der Waals surface area contributed by atoms with E-state index in [0.29, 0.717) is 0 Å². The Hall–Kier alpha value is -2.30. The number of fused-ring (bicyclic) bond motifs is 5. The second kappa shape index (κ2) is 5.10. The van der Waals surface area contributed by atoms with E-state index < -0.39 is 11.7 Å². The number of rotatable bonds is 1. The average molecular weight is 345 g/mol. The fourth-order valence-corrected chi connectivity index (χ4v) is 4.67. The van der Waals surface area contributed by atoms with Gasteiger partial charge in [0.2, 0.25) is 0 Å². The van der Waals surface area contributed by atoms with Gasteiger partial charge in [0.05, 0.1) is 11.6 Å². The van der Waals surface area contributed by atoms with Crippen LogP contribution in [0, 0.1) is 0 Å². The highest BCUT2D eigenvalue weighted by Gasteiger charge is 2.53. The highest BCUT2D eigenvalue weighted by atomic mass is 19.4. The number of hydrogen-bond donors (Lipinski definition) is 0. The van der Waals surface area contributed by atoms with Crippen molar-refractivity contribution in [3.63, 3.8) is 0 Å². The summed E-state index contributed by atoms with van der Waals surface area (Å²) in [5, 5.41) is 0. The van der Waals surface area contributed by atoms with Gasteiger partial charge in [-0.05, 0) is 41.7 Å². The number of likely N-dealkylation sites (N-methyl/N-ethyl adjacent to an activating group) is 1. The second-order valence-electron chi connectivity index (χ2n) is 6.96. The molecule has 0 aromatic heterocycles. The molecule has 0 bridgehead atoms. The minimum atomic E-state index is -4.46. The molecule has 2 nitrogen and oxygen atoms in total. The zero-order chi connectivity index (χ0) is 18.0. The van der Waals surface area contributed by atoms with Crippen molar-refractivity contribution in [2.45, 2.75) is 37.4 Å². The van der Waals surface area contributed by atoms with Crippen molar-refractivity contribution in [3.8, 4) is 0 Å². The molecule has 0 N–H and O–H groups in total. The topological polar surface area (TPSA) is 20.3 Å². The maximum Gasteiger partial charge on any atom is 0.416 e. The Labute approximate surface area is 144 Å². The van der Waals surface area contributed by atoms with E-state index in [-0.39, 0.29) is 22.9 Å². The number of carbonyl (C=O) groups is 1. The summed E-state index contributed by atoms with van der Waals surface area (Å²) in [4.78, 5) is 14.5. The lowest BCUT2D eigenvalue weighted by atomic mass is 9.67. The Morgan fingerprint density at radius 3 is 2.60 bits per heavy atom. The van der Waals surface area contributed by atoms with Gasteiger partial charge in [-0.1, -0.05) is 37.3 Å². The highest BCUT2D eigenvalue weighted by Crippen LogP contribution is 2.56. The van der Waals surface area contributed by atoms with Crippen LogP contribution in [0.1, 0.15) is 52.0 Å². The molecule has 0 fully saturated rings. The van der Waals surface area contributed by atoms with E-state index in [9.17, 15) is 18.0 Å². The molecule has 2 aromatic carbocycles. The van der Waals surface area contributed by atoms with Crippen LogP contribution in [0.25, 0.3) is 0 Å². The normalized spacial score (nSPS) is 24.8. The van der Waals surface area contributed by atoms with E-state index in [1.807, 2.05) is 31.2 Å². The number of halogens is 3. The van der Waals surface area contributed by atoms with Crippen LogP contribution in [0.3, 0.4) is 0 Å². The Morgan fingerprint density at radius 2 is 1.92 bits per heavy atom. The van der Waals surface area contributed by atoms with E-state index in [1.54, 1.807) is 11.9 Å².